The first-order chi connectivity index (χ1) is 16.1. The van der Waals surface area contributed by atoms with Crippen LogP contribution in [0, 0.1) is 0 Å². The van der Waals surface area contributed by atoms with Crippen LogP contribution in [0.5, 0.6) is 11.5 Å². The molecule has 0 bridgehead atoms. The molecule has 2 N–H and O–H groups in total. The summed E-state index contributed by atoms with van der Waals surface area (Å²) in [5.41, 5.74) is 8.56. The van der Waals surface area contributed by atoms with Crippen molar-refractivity contribution in [1.82, 2.24) is 24.6 Å². The third kappa shape index (κ3) is 4.03. The fourth-order valence-electron chi connectivity index (χ4n) is 4.29. The number of carbonyl (C=O) groups excluding carboxylic acids is 1. The van der Waals surface area contributed by atoms with Gasteiger partial charge in [-0.25, -0.2) is 9.97 Å². The fraction of sp³-hybridized carbons (Fsp3) is 0.200. The lowest BCUT2D eigenvalue weighted by Gasteiger charge is -2.33. The minimum absolute atomic E-state index is 0.00787. The van der Waals surface area contributed by atoms with Crippen molar-refractivity contribution in [2.24, 2.45) is 0 Å². The summed E-state index contributed by atoms with van der Waals surface area (Å²) in [5, 5.41) is 5.48. The third-order valence-electron chi connectivity index (χ3n) is 5.86. The summed E-state index contributed by atoms with van der Waals surface area (Å²) >= 11 is 0. The normalized spacial score (nSPS) is 16.0. The molecule has 8 nitrogen and oxygen atoms in total. The number of piperidine rings is 1. The lowest BCUT2D eigenvalue weighted by Crippen LogP contribution is -2.40. The minimum Gasteiger partial charge on any atom is -0.457 e. The second-order valence-corrected chi connectivity index (χ2v) is 7.97. The summed E-state index contributed by atoms with van der Waals surface area (Å²) in [6, 6.07) is 17.4. The number of ether oxygens (including phenoxy) is 1. The summed E-state index contributed by atoms with van der Waals surface area (Å²) in [7, 11) is 0. The molecule has 0 aliphatic carbocycles. The van der Waals surface area contributed by atoms with Crippen molar-refractivity contribution < 1.29 is 9.53 Å². The van der Waals surface area contributed by atoms with Crippen LogP contribution in [0.4, 0.5) is 5.82 Å². The van der Waals surface area contributed by atoms with Crippen LogP contribution in [0.25, 0.3) is 22.3 Å². The number of likely N-dealkylation sites (tertiary alicyclic amines) is 1. The maximum atomic E-state index is 12.2. The minimum atomic E-state index is -0.0697. The van der Waals surface area contributed by atoms with Gasteiger partial charge < -0.3 is 15.4 Å². The molecule has 1 saturated heterocycles. The molecule has 1 atom stereocenters. The molecule has 0 saturated carbocycles. The van der Waals surface area contributed by atoms with Gasteiger partial charge in [0.2, 0.25) is 5.91 Å². The van der Waals surface area contributed by atoms with Crippen molar-refractivity contribution in [1.29, 1.82) is 0 Å². The molecule has 0 spiro atoms. The number of nitrogens with zero attached hydrogens (tertiary/aromatic N) is 5. The predicted octanol–water partition coefficient (Wildman–Crippen LogP) is 4.22. The smallest absolute Gasteiger partial charge is 0.246 e. The van der Waals surface area contributed by atoms with E-state index in [0.717, 1.165) is 35.6 Å². The van der Waals surface area contributed by atoms with Gasteiger partial charge in [-0.3, -0.25) is 9.48 Å². The van der Waals surface area contributed by atoms with Crippen LogP contribution in [0.3, 0.4) is 0 Å². The van der Waals surface area contributed by atoms with E-state index in [1.165, 1.54) is 12.4 Å². The highest BCUT2D eigenvalue weighted by Gasteiger charge is 2.28. The molecule has 2 aromatic heterocycles. The second-order valence-electron chi connectivity index (χ2n) is 7.97. The Kier molecular flexibility index (Phi) is 5.48. The Morgan fingerprint density at radius 1 is 1.09 bits per heavy atom. The Hall–Kier alpha value is -4.20. The van der Waals surface area contributed by atoms with Crippen LogP contribution >= 0.6 is 0 Å². The maximum Gasteiger partial charge on any atom is 0.246 e. The van der Waals surface area contributed by atoms with Crippen molar-refractivity contribution in [3.8, 4) is 22.8 Å². The summed E-state index contributed by atoms with van der Waals surface area (Å²) in [6.07, 6.45) is 4.55. The first-order valence-corrected chi connectivity index (χ1v) is 10.9. The van der Waals surface area contributed by atoms with E-state index in [2.05, 4.69) is 16.5 Å². The van der Waals surface area contributed by atoms with Crippen molar-refractivity contribution in [2.75, 3.05) is 18.8 Å². The van der Waals surface area contributed by atoms with Crippen LogP contribution in [-0.2, 0) is 4.79 Å². The summed E-state index contributed by atoms with van der Waals surface area (Å²) in [6.45, 7) is 4.89. The number of benzene rings is 2. The van der Waals surface area contributed by atoms with Gasteiger partial charge in [-0.15, -0.1) is 0 Å². The maximum absolute atomic E-state index is 12.2. The Morgan fingerprint density at radius 3 is 2.61 bits per heavy atom. The van der Waals surface area contributed by atoms with Gasteiger partial charge >= 0.3 is 0 Å². The number of aromatic nitrogens is 4. The van der Waals surface area contributed by atoms with E-state index < -0.39 is 0 Å². The van der Waals surface area contributed by atoms with Gasteiger partial charge in [0, 0.05) is 18.7 Å². The number of rotatable bonds is 5. The number of nitrogen functional groups attached to an aromatic ring is 1. The summed E-state index contributed by atoms with van der Waals surface area (Å²) < 4.78 is 7.89. The standard InChI is InChI=1S/C25H24N6O2/c1-2-21(32)30-14-6-7-18(15-30)31-23(22-24(26)27-16-28-25(22)29-31)17-10-12-20(13-11-17)33-19-8-4-3-5-9-19/h2-5,8-13,16,18H,1,6-7,14-15H2,(H2,26,27,28,29)/t18-/m0/s1. The number of hydrogen-bond acceptors (Lipinski definition) is 6. The first-order valence-electron chi connectivity index (χ1n) is 10.9. The van der Waals surface area contributed by atoms with Gasteiger partial charge in [0.1, 0.15) is 23.6 Å². The van der Waals surface area contributed by atoms with E-state index in [-0.39, 0.29) is 11.9 Å². The number of hydrogen-bond donors (Lipinski definition) is 1. The van der Waals surface area contributed by atoms with E-state index in [0.29, 0.717) is 29.9 Å². The van der Waals surface area contributed by atoms with Crippen molar-refractivity contribution >= 4 is 22.8 Å². The Balaban J connectivity index is 1.54. The third-order valence-corrected chi connectivity index (χ3v) is 5.86. The average molecular weight is 441 g/mol. The van der Waals surface area contributed by atoms with Crippen molar-refractivity contribution in [2.45, 2.75) is 18.9 Å². The molecule has 0 radical (unpaired) electrons. The van der Waals surface area contributed by atoms with E-state index in [9.17, 15) is 4.79 Å². The lowest BCUT2D eigenvalue weighted by atomic mass is 10.0. The van der Waals surface area contributed by atoms with Crippen molar-refractivity contribution in [3.63, 3.8) is 0 Å². The molecule has 1 amide bonds. The molecule has 2 aromatic carbocycles. The van der Waals surface area contributed by atoms with Gasteiger partial charge in [0.15, 0.2) is 5.65 Å². The number of fused-ring (bicyclic) bond motifs is 1. The molecular weight excluding hydrogens is 416 g/mol. The van der Waals surface area contributed by atoms with E-state index >= 15 is 0 Å². The predicted molar refractivity (Wildman–Crippen MR) is 127 cm³/mol. The topological polar surface area (TPSA) is 99.2 Å². The largest absolute Gasteiger partial charge is 0.457 e. The highest BCUT2D eigenvalue weighted by molar-refractivity contribution is 5.98. The highest BCUT2D eigenvalue weighted by Crippen LogP contribution is 2.36. The second kappa shape index (κ2) is 8.74. The van der Waals surface area contributed by atoms with Gasteiger partial charge in [-0.2, -0.15) is 5.10 Å². The zero-order chi connectivity index (χ0) is 22.8. The average Bonchev–Trinajstić information content (AvgIpc) is 3.26. The molecule has 5 rings (SSSR count). The summed E-state index contributed by atoms with van der Waals surface area (Å²) in [4.78, 5) is 22.6. The SMILES string of the molecule is C=CC(=O)N1CCC[C@H](n2nc3ncnc(N)c3c2-c2ccc(Oc3ccccc3)cc2)C1. The number of para-hydroxylation sites is 1. The molecule has 1 aliphatic heterocycles. The van der Waals surface area contributed by atoms with Crippen LogP contribution in [0.2, 0.25) is 0 Å². The molecule has 166 valence electrons. The van der Waals surface area contributed by atoms with Gasteiger partial charge in [0.05, 0.1) is 17.1 Å². The number of anilines is 1. The Bertz CT molecular complexity index is 1300. The molecule has 33 heavy (non-hydrogen) atoms. The quantitative estimate of drug-likeness (QED) is 0.467. The number of carbonyl (C=O) groups is 1. The fourth-order valence-corrected chi connectivity index (χ4v) is 4.29. The molecular formula is C25H24N6O2. The van der Waals surface area contributed by atoms with E-state index in [4.69, 9.17) is 15.6 Å². The Labute approximate surface area is 191 Å². The molecule has 3 heterocycles. The van der Waals surface area contributed by atoms with Crippen LogP contribution in [0.15, 0.2) is 73.6 Å². The first kappa shape index (κ1) is 20.7. The van der Waals surface area contributed by atoms with E-state index in [1.54, 1.807) is 0 Å². The monoisotopic (exact) mass is 440 g/mol. The summed E-state index contributed by atoms with van der Waals surface area (Å²) in [5.74, 6) is 1.80. The van der Waals surface area contributed by atoms with Gasteiger partial charge in [0.25, 0.3) is 0 Å². The van der Waals surface area contributed by atoms with E-state index in [1.807, 2.05) is 64.2 Å². The number of nitrogens with two attached hydrogens (primary N) is 1. The molecule has 1 fully saturated rings. The Morgan fingerprint density at radius 2 is 1.85 bits per heavy atom. The molecule has 1 aliphatic rings. The highest BCUT2D eigenvalue weighted by atomic mass is 16.5. The lowest BCUT2D eigenvalue weighted by molar-refractivity contribution is -0.127. The van der Waals surface area contributed by atoms with Gasteiger partial charge in [-0.05, 0) is 55.3 Å². The van der Waals surface area contributed by atoms with Gasteiger partial charge in [-0.1, -0.05) is 24.8 Å². The zero-order valence-electron chi connectivity index (χ0n) is 18.1. The molecule has 4 aromatic rings. The molecule has 8 heteroatoms. The zero-order valence-corrected chi connectivity index (χ0v) is 18.1. The van der Waals surface area contributed by atoms with Crippen LogP contribution < -0.4 is 10.5 Å². The number of amides is 1. The van der Waals surface area contributed by atoms with Crippen LogP contribution in [0.1, 0.15) is 18.9 Å². The van der Waals surface area contributed by atoms with Crippen molar-refractivity contribution in [3.05, 3.63) is 73.6 Å². The molecule has 0 unspecified atom stereocenters. The van der Waals surface area contributed by atoms with Crippen LogP contribution in [-0.4, -0.2) is 43.6 Å².